The molecule has 1 aromatic carbocycles. The van der Waals surface area contributed by atoms with E-state index < -0.39 is 0 Å². The van der Waals surface area contributed by atoms with Crippen molar-refractivity contribution in [3.63, 3.8) is 0 Å². The van der Waals surface area contributed by atoms with Crippen molar-refractivity contribution >= 4 is 22.8 Å². The van der Waals surface area contributed by atoms with Gasteiger partial charge in [-0.15, -0.1) is 0 Å². The fourth-order valence-electron chi connectivity index (χ4n) is 4.38. The number of hydrogen-bond donors (Lipinski definition) is 2. The molecule has 2 saturated heterocycles. The second kappa shape index (κ2) is 9.21. The second-order valence-corrected chi connectivity index (χ2v) is 8.14. The van der Waals surface area contributed by atoms with Gasteiger partial charge >= 0.3 is 0 Å². The maximum Gasteiger partial charge on any atom is 0.229 e. The minimum Gasteiger partial charge on any atom is -0.379 e. The maximum absolute atomic E-state index is 5.59. The maximum atomic E-state index is 5.59. The molecule has 0 amide bonds. The Hall–Kier alpha value is -2.68. The summed E-state index contributed by atoms with van der Waals surface area (Å²) in [5, 5.41) is 4.70. The first kappa shape index (κ1) is 20.2. The van der Waals surface area contributed by atoms with Crippen LogP contribution >= 0.6 is 0 Å². The fraction of sp³-hybridized carbons (Fsp3) is 0.478. The van der Waals surface area contributed by atoms with Crippen LogP contribution in [-0.4, -0.2) is 79.0 Å². The number of aryl methyl sites for hydroxylation is 1. The third-order valence-corrected chi connectivity index (χ3v) is 6.04. The summed E-state index contributed by atoms with van der Waals surface area (Å²) in [6.07, 6.45) is 0. The minimum absolute atomic E-state index is 0.252. The molecule has 2 fully saturated rings. The first-order chi connectivity index (χ1) is 15.3. The number of hydrogen-bond acceptors (Lipinski definition) is 7. The molecule has 0 radical (unpaired) electrons. The fourth-order valence-corrected chi connectivity index (χ4v) is 4.38. The largest absolute Gasteiger partial charge is 0.379 e. The van der Waals surface area contributed by atoms with Crippen molar-refractivity contribution in [2.24, 2.45) is 0 Å². The van der Waals surface area contributed by atoms with Crippen LogP contribution in [0.3, 0.4) is 0 Å². The predicted molar refractivity (Wildman–Crippen MR) is 122 cm³/mol. The first-order valence-corrected chi connectivity index (χ1v) is 11.1. The third kappa shape index (κ3) is 4.51. The topological polar surface area (TPSA) is 78.5 Å². The highest BCUT2D eigenvalue weighted by molar-refractivity contribution is 5.89. The molecule has 2 aromatic heterocycles. The van der Waals surface area contributed by atoms with Crippen LogP contribution in [0.4, 0.5) is 11.8 Å². The summed E-state index contributed by atoms with van der Waals surface area (Å²) in [7, 11) is 0. The zero-order chi connectivity index (χ0) is 21.0. The van der Waals surface area contributed by atoms with Gasteiger partial charge in [0.05, 0.1) is 37.9 Å². The molecule has 8 heteroatoms. The quantitative estimate of drug-likeness (QED) is 0.632. The van der Waals surface area contributed by atoms with E-state index in [1.807, 2.05) is 0 Å². The molecule has 8 nitrogen and oxygen atoms in total. The van der Waals surface area contributed by atoms with Gasteiger partial charge in [-0.05, 0) is 18.6 Å². The Morgan fingerprint density at radius 2 is 1.71 bits per heavy atom. The zero-order valence-corrected chi connectivity index (χ0v) is 18.0. The molecule has 2 N–H and O–H groups in total. The summed E-state index contributed by atoms with van der Waals surface area (Å²) in [5.74, 6) is 1.63. The van der Waals surface area contributed by atoms with Gasteiger partial charge in [-0.25, -0.2) is 0 Å². The number of aromatic nitrogens is 3. The summed E-state index contributed by atoms with van der Waals surface area (Å²) >= 11 is 0. The number of aromatic amines is 1. The third-order valence-electron chi connectivity index (χ3n) is 6.04. The van der Waals surface area contributed by atoms with Crippen molar-refractivity contribution < 1.29 is 9.47 Å². The lowest BCUT2D eigenvalue weighted by atomic mass is 10.0. The number of H-pyrrole nitrogens is 1. The van der Waals surface area contributed by atoms with E-state index in [9.17, 15) is 0 Å². The Bertz CT molecular complexity index is 996. The monoisotopic (exact) mass is 422 g/mol. The number of ether oxygens (including phenoxy) is 2. The van der Waals surface area contributed by atoms with E-state index in [0.717, 1.165) is 74.4 Å². The number of nitrogens with zero attached hydrogens (tertiary/aromatic N) is 4. The van der Waals surface area contributed by atoms with Crippen molar-refractivity contribution in [2.45, 2.75) is 13.0 Å². The smallest absolute Gasteiger partial charge is 0.229 e. The average molecular weight is 423 g/mol. The zero-order valence-electron chi connectivity index (χ0n) is 18.0. The SMILES string of the molecule is Cc1cc2c(NCC(c3ccccc3)N3CCOCC3)nc(N3CCOCC3)nc2[nH]1. The average Bonchev–Trinajstić information content (AvgIpc) is 3.21. The number of fused-ring (bicyclic) bond motifs is 1. The molecule has 2 aliphatic heterocycles. The molecule has 1 atom stereocenters. The molecule has 3 aromatic rings. The lowest BCUT2D eigenvalue weighted by Gasteiger charge is -2.35. The van der Waals surface area contributed by atoms with Crippen LogP contribution in [0.2, 0.25) is 0 Å². The minimum atomic E-state index is 0.252. The van der Waals surface area contributed by atoms with Crippen LogP contribution in [0, 0.1) is 6.92 Å². The molecule has 0 saturated carbocycles. The van der Waals surface area contributed by atoms with Crippen LogP contribution < -0.4 is 10.2 Å². The van der Waals surface area contributed by atoms with Gasteiger partial charge in [0.25, 0.3) is 0 Å². The standard InChI is InChI=1S/C23H30N6O2/c1-17-15-19-21(26-23(27-22(19)25-17)29-9-13-31-14-10-29)24-16-20(18-5-3-2-4-6-18)28-7-11-30-12-8-28/h2-6,15,20H,7-14,16H2,1H3,(H2,24,25,26,27). The van der Waals surface area contributed by atoms with Gasteiger partial charge < -0.3 is 24.7 Å². The van der Waals surface area contributed by atoms with Crippen LogP contribution in [0.1, 0.15) is 17.3 Å². The van der Waals surface area contributed by atoms with E-state index >= 15 is 0 Å². The molecular weight excluding hydrogens is 392 g/mol. The van der Waals surface area contributed by atoms with Crippen molar-refractivity contribution in [3.05, 3.63) is 47.7 Å². The van der Waals surface area contributed by atoms with Crippen molar-refractivity contribution in [2.75, 3.05) is 69.4 Å². The number of anilines is 2. The van der Waals surface area contributed by atoms with Gasteiger partial charge in [-0.2, -0.15) is 9.97 Å². The molecule has 31 heavy (non-hydrogen) atoms. The lowest BCUT2D eigenvalue weighted by molar-refractivity contribution is 0.0187. The Morgan fingerprint density at radius 3 is 2.45 bits per heavy atom. The summed E-state index contributed by atoms with van der Waals surface area (Å²) in [5.41, 5.74) is 3.26. The molecule has 0 bridgehead atoms. The Kier molecular flexibility index (Phi) is 6.01. The van der Waals surface area contributed by atoms with Crippen LogP contribution in [-0.2, 0) is 9.47 Å². The normalized spacial score (nSPS) is 18.9. The van der Waals surface area contributed by atoms with Gasteiger partial charge in [-0.3, -0.25) is 4.90 Å². The van der Waals surface area contributed by atoms with Crippen molar-refractivity contribution in [1.29, 1.82) is 0 Å². The second-order valence-electron chi connectivity index (χ2n) is 8.14. The van der Waals surface area contributed by atoms with Gasteiger partial charge in [0, 0.05) is 38.4 Å². The van der Waals surface area contributed by atoms with E-state index in [4.69, 9.17) is 19.4 Å². The highest BCUT2D eigenvalue weighted by Crippen LogP contribution is 2.27. The van der Waals surface area contributed by atoms with Crippen molar-refractivity contribution in [1.82, 2.24) is 19.9 Å². The van der Waals surface area contributed by atoms with Gasteiger partial charge in [0.2, 0.25) is 5.95 Å². The van der Waals surface area contributed by atoms with Crippen molar-refractivity contribution in [3.8, 4) is 0 Å². The van der Waals surface area contributed by atoms with Crippen LogP contribution in [0.5, 0.6) is 0 Å². The highest BCUT2D eigenvalue weighted by atomic mass is 16.5. The van der Waals surface area contributed by atoms with Gasteiger partial charge in [0.1, 0.15) is 11.5 Å². The lowest BCUT2D eigenvalue weighted by Crippen LogP contribution is -2.41. The number of benzene rings is 1. The van der Waals surface area contributed by atoms with Crippen LogP contribution in [0.25, 0.3) is 11.0 Å². The van der Waals surface area contributed by atoms with E-state index in [1.165, 1.54) is 5.56 Å². The molecule has 164 valence electrons. The molecule has 2 aliphatic rings. The van der Waals surface area contributed by atoms with Gasteiger partial charge in [-0.1, -0.05) is 30.3 Å². The first-order valence-electron chi connectivity index (χ1n) is 11.1. The van der Waals surface area contributed by atoms with E-state index in [1.54, 1.807) is 0 Å². The van der Waals surface area contributed by atoms with E-state index in [2.05, 4.69) is 63.4 Å². The molecule has 4 heterocycles. The summed E-state index contributed by atoms with van der Waals surface area (Å²) < 4.78 is 11.1. The summed E-state index contributed by atoms with van der Waals surface area (Å²) in [6, 6.07) is 13.1. The van der Waals surface area contributed by atoms with E-state index in [-0.39, 0.29) is 6.04 Å². The molecule has 5 rings (SSSR count). The van der Waals surface area contributed by atoms with E-state index in [0.29, 0.717) is 13.2 Å². The summed E-state index contributed by atoms with van der Waals surface area (Å²) in [4.78, 5) is 17.8. The molecule has 1 unspecified atom stereocenters. The number of morpholine rings is 2. The Morgan fingerprint density at radius 1 is 1.00 bits per heavy atom. The number of rotatable bonds is 6. The summed E-state index contributed by atoms with van der Waals surface area (Å²) in [6.45, 7) is 9.28. The molecule has 0 aliphatic carbocycles. The Labute approximate surface area is 182 Å². The predicted octanol–water partition coefficient (Wildman–Crippen LogP) is 2.59. The molecule has 0 spiro atoms. The Balaban J connectivity index is 1.43. The van der Waals surface area contributed by atoms with Crippen LogP contribution in [0.15, 0.2) is 36.4 Å². The molecular formula is C23H30N6O2. The number of nitrogens with one attached hydrogen (secondary N) is 2. The van der Waals surface area contributed by atoms with Gasteiger partial charge in [0.15, 0.2) is 0 Å². The highest BCUT2D eigenvalue weighted by Gasteiger charge is 2.24.